The average molecular weight is 225 g/mol. The third-order valence-corrected chi connectivity index (χ3v) is 2.64. The average Bonchev–Trinajstić information content (AvgIpc) is 2.37. The van der Waals surface area contributed by atoms with E-state index < -0.39 is 5.60 Å². The zero-order valence-electron chi connectivity index (χ0n) is 10.5. The minimum Gasteiger partial charge on any atom is -0.381 e. The highest BCUT2D eigenvalue weighted by Gasteiger charge is 2.23. The summed E-state index contributed by atoms with van der Waals surface area (Å²) < 4.78 is 1.78. The Kier molecular flexibility index (Phi) is 3.38. The molecule has 0 aromatic carbocycles. The van der Waals surface area contributed by atoms with Crippen molar-refractivity contribution in [2.24, 2.45) is 7.05 Å². The fourth-order valence-electron chi connectivity index (χ4n) is 1.46. The van der Waals surface area contributed by atoms with Crippen molar-refractivity contribution in [3.8, 4) is 0 Å². The number of nitrogens with one attached hydrogen (secondary N) is 1. The zero-order valence-corrected chi connectivity index (χ0v) is 10.5. The summed E-state index contributed by atoms with van der Waals surface area (Å²) in [7, 11) is 1.86. The van der Waals surface area contributed by atoms with E-state index in [2.05, 4.69) is 10.4 Å². The van der Waals surface area contributed by atoms with Crippen molar-refractivity contribution in [2.75, 3.05) is 0 Å². The van der Waals surface area contributed by atoms with Gasteiger partial charge < -0.3 is 10.4 Å². The van der Waals surface area contributed by atoms with Crippen molar-refractivity contribution in [1.82, 2.24) is 15.1 Å². The van der Waals surface area contributed by atoms with E-state index in [0.717, 1.165) is 17.0 Å². The van der Waals surface area contributed by atoms with Crippen molar-refractivity contribution >= 4 is 5.91 Å². The van der Waals surface area contributed by atoms with E-state index in [0.29, 0.717) is 6.54 Å². The number of nitrogens with zero attached hydrogens (tertiary/aromatic N) is 2. The molecule has 16 heavy (non-hydrogen) atoms. The van der Waals surface area contributed by atoms with Crippen LogP contribution in [-0.4, -0.2) is 26.4 Å². The van der Waals surface area contributed by atoms with Gasteiger partial charge in [0.05, 0.1) is 5.69 Å². The molecule has 1 amide bonds. The van der Waals surface area contributed by atoms with Crippen LogP contribution in [0.15, 0.2) is 0 Å². The first-order chi connectivity index (χ1) is 7.23. The maximum Gasteiger partial charge on any atom is 0.251 e. The second-order valence-corrected chi connectivity index (χ2v) is 4.51. The van der Waals surface area contributed by atoms with Crippen LogP contribution in [0.4, 0.5) is 0 Å². The molecule has 0 radical (unpaired) electrons. The SMILES string of the molecule is Cc1nn(C)c(C)c1CNC(=O)C(C)(C)O. The van der Waals surface area contributed by atoms with Crippen molar-refractivity contribution in [1.29, 1.82) is 0 Å². The quantitative estimate of drug-likeness (QED) is 0.783. The van der Waals surface area contributed by atoms with Gasteiger partial charge in [-0.2, -0.15) is 5.10 Å². The predicted molar refractivity (Wildman–Crippen MR) is 60.8 cm³/mol. The third kappa shape index (κ3) is 2.61. The molecule has 1 aromatic heterocycles. The van der Waals surface area contributed by atoms with Gasteiger partial charge in [0.15, 0.2) is 0 Å². The number of carbonyl (C=O) groups excluding carboxylic acids is 1. The summed E-state index contributed by atoms with van der Waals surface area (Å²) in [4.78, 5) is 11.5. The molecule has 1 heterocycles. The number of amides is 1. The van der Waals surface area contributed by atoms with E-state index >= 15 is 0 Å². The van der Waals surface area contributed by atoms with Crippen LogP contribution in [0.3, 0.4) is 0 Å². The largest absolute Gasteiger partial charge is 0.381 e. The van der Waals surface area contributed by atoms with Crippen LogP contribution in [0.2, 0.25) is 0 Å². The van der Waals surface area contributed by atoms with Crippen molar-refractivity contribution in [3.63, 3.8) is 0 Å². The number of rotatable bonds is 3. The molecule has 5 nitrogen and oxygen atoms in total. The van der Waals surface area contributed by atoms with Crippen LogP contribution in [0.25, 0.3) is 0 Å². The monoisotopic (exact) mass is 225 g/mol. The Balaban J connectivity index is 2.72. The van der Waals surface area contributed by atoms with E-state index in [1.165, 1.54) is 13.8 Å². The maximum atomic E-state index is 11.5. The summed E-state index contributed by atoms with van der Waals surface area (Å²) in [6, 6.07) is 0. The summed E-state index contributed by atoms with van der Waals surface area (Å²) in [6.07, 6.45) is 0. The Morgan fingerprint density at radius 1 is 1.50 bits per heavy atom. The molecule has 0 bridgehead atoms. The van der Waals surface area contributed by atoms with Crippen LogP contribution in [0.1, 0.15) is 30.8 Å². The van der Waals surface area contributed by atoms with Gasteiger partial charge in [-0.25, -0.2) is 0 Å². The Bertz CT molecular complexity index is 402. The number of aryl methyl sites for hydroxylation is 2. The first-order valence-electron chi connectivity index (χ1n) is 5.23. The topological polar surface area (TPSA) is 67.2 Å². The van der Waals surface area contributed by atoms with E-state index in [9.17, 15) is 9.90 Å². The second kappa shape index (κ2) is 4.25. The van der Waals surface area contributed by atoms with E-state index in [1.807, 2.05) is 20.9 Å². The van der Waals surface area contributed by atoms with Gasteiger partial charge in [-0.1, -0.05) is 0 Å². The molecule has 0 atom stereocenters. The summed E-state index contributed by atoms with van der Waals surface area (Å²) in [5, 5.41) is 16.4. The lowest BCUT2D eigenvalue weighted by Gasteiger charge is -2.16. The highest BCUT2D eigenvalue weighted by molar-refractivity contribution is 5.83. The standard InChI is InChI=1S/C11H19N3O2/c1-7-9(8(2)14(5)13-7)6-12-10(15)11(3,4)16/h16H,6H2,1-5H3,(H,12,15). The van der Waals surface area contributed by atoms with Crippen LogP contribution < -0.4 is 5.32 Å². The lowest BCUT2D eigenvalue weighted by atomic mass is 10.1. The summed E-state index contributed by atoms with van der Waals surface area (Å²) in [6.45, 7) is 7.18. The Morgan fingerprint density at radius 3 is 2.44 bits per heavy atom. The lowest BCUT2D eigenvalue weighted by Crippen LogP contribution is -2.41. The van der Waals surface area contributed by atoms with Crippen molar-refractivity contribution in [3.05, 3.63) is 17.0 Å². The third-order valence-electron chi connectivity index (χ3n) is 2.64. The van der Waals surface area contributed by atoms with Crippen molar-refractivity contribution < 1.29 is 9.90 Å². The van der Waals surface area contributed by atoms with E-state index in [1.54, 1.807) is 4.68 Å². The molecule has 0 aliphatic heterocycles. The molecule has 0 saturated carbocycles. The predicted octanol–water partition coefficient (Wildman–Crippen LogP) is 0.424. The molecular formula is C11H19N3O2. The smallest absolute Gasteiger partial charge is 0.251 e. The molecule has 1 rings (SSSR count). The molecule has 0 aliphatic rings. The molecule has 0 unspecified atom stereocenters. The number of hydrogen-bond donors (Lipinski definition) is 2. The van der Waals surface area contributed by atoms with Gasteiger partial charge in [-0.3, -0.25) is 9.48 Å². The molecule has 5 heteroatoms. The van der Waals surface area contributed by atoms with Crippen LogP contribution in [0.5, 0.6) is 0 Å². The van der Waals surface area contributed by atoms with Gasteiger partial charge in [0.25, 0.3) is 5.91 Å². The molecule has 2 N–H and O–H groups in total. The lowest BCUT2D eigenvalue weighted by molar-refractivity contribution is -0.136. The van der Waals surface area contributed by atoms with E-state index in [4.69, 9.17) is 0 Å². The minimum atomic E-state index is -1.34. The van der Waals surface area contributed by atoms with Gasteiger partial charge in [0, 0.05) is 24.8 Å². The highest BCUT2D eigenvalue weighted by Crippen LogP contribution is 2.11. The fraction of sp³-hybridized carbons (Fsp3) is 0.636. The molecule has 0 saturated heterocycles. The van der Waals surface area contributed by atoms with Crippen LogP contribution in [0, 0.1) is 13.8 Å². The minimum absolute atomic E-state index is 0.379. The summed E-state index contributed by atoms with van der Waals surface area (Å²) in [5.41, 5.74) is 1.58. The summed E-state index contributed by atoms with van der Waals surface area (Å²) >= 11 is 0. The van der Waals surface area contributed by atoms with Gasteiger partial charge in [-0.05, 0) is 27.7 Å². The number of aromatic nitrogens is 2. The van der Waals surface area contributed by atoms with Gasteiger partial charge in [0.1, 0.15) is 5.60 Å². The first kappa shape index (κ1) is 12.7. The molecule has 90 valence electrons. The molecule has 1 aromatic rings. The normalized spacial score (nSPS) is 11.6. The Morgan fingerprint density at radius 2 is 2.06 bits per heavy atom. The van der Waals surface area contributed by atoms with Crippen LogP contribution in [-0.2, 0) is 18.4 Å². The second-order valence-electron chi connectivity index (χ2n) is 4.51. The maximum absolute atomic E-state index is 11.5. The van der Waals surface area contributed by atoms with Gasteiger partial charge in [-0.15, -0.1) is 0 Å². The van der Waals surface area contributed by atoms with Gasteiger partial charge in [0.2, 0.25) is 0 Å². The fourth-order valence-corrected chi connectivity index (χ4v) is 1.46. The molecule has 0 aliphatic carbocycles. The molecular weight excluding hydrogens is 206 g/mol. The van der Waals surface area contributed by atoms with E-state index in [-0.39, 0.29) is 5.91 Å². The summed E-state index contributed by atoms with van der Waals surface area (Å²) in [5.74, 6) is -0.379. The first-order valence-corrected chi connectivity index (χ1v) is 5.23. The van der Waals surface area contributed by atoms with Crippen molar-refractivity contribution in [2.45, 2.75) is 39.8 Å². The number of aliphatic hydroxyl groups is 1. The van der Waals surface area contributed by atoms with Gasteiger partial charge >= 0.3 is 0 Å². The number of carbonyl (C=O) groups is 1. The molecule has 0 spiro atoms. The Labute approximate surface area is 95.5 Å². The van der Waals surface area contributed by atoms with Crippen LogP contribution >= 0.6 is 0 Å². The number of hydrogen-bond acceptors (Lipinski definition) is 3. The highest BCUT2D eigenvalue weighted by atomic mass is 16.3. The Hall–Kier alpha value is -1.36. The zero-order chi connectivity index (χ0) is 12.5. The molecule has 0 fully saturated rings.